The molecule has 0 bridgehead atoms. The minimum Gasteiger partial charge on any atom is -0.399 e. The number of benzene rings is 2. The van der Waals surface area contributed by atoms with E-state index in [1.807, 2.05) is 12.1 Å². The van der Waals surface area contributed by atoms with E-state index in [1.165, 1.54) is 72.3 Å². The first-order chi connectivity index (χ1) is 12.6. The van der Waals surface area contributed by atoms with Gasteiger partial charge in [-0.1, -0.05) is 51.5 Å². The van der Waals surface area contributed by atoms with E-state index < -0.39 is 0 Å². The molecule has 0 atom stereocenters. The van der Waals surface area contributed by atoms with Crippen molar-refractivity contribution in [2.24, 2.45) is 7.05 Å². The molecule has 0 fully saturated rings. The van der Waals surface area contributed by atoms with Gasteiger partial charge < -0.3 is 11.5 Å². The number of rotatable bonds is 8. The van der Waals surface area contributed by atoms with E-state index in [1.54, 1.807) is 0 Å². The Morgan fingerprint density at radius 1 is 0.731 bits per heavy atom. The quantitative estimate of drug-likeness (QED) is 0.251. The fourth-order valence-corrected chi connectivity index (χ4v) is 3.97. The van der Waals surface area contributed by atoms with Crippen LogP contribution in [0.1, 0.15) is 57.6 Å². The van der Waals surface area contributed by atoms with Gasteiger partial charge in [0.05, 0.1) is 10.8 Å². The van der Waals surface area contributed by atoms with Gasteiger partial charge in [0.1, 0.15) is 7.05 Å². The second kappa shape index (κ2) is 8.39. The fourth-order valence-electron chi connectivity index (χ4n) is 3.97. The second-order valence-corrected chi connectivity index (χ2v) is 7.46. The number of unbranched alkanes of at least 4 members (excludes halogenated alkanes) is 6. The van der Waals surface area contributed by atoms with Crippen molar-refractivity contribution in [2.45, 2.75) is 58.3 Å². The molecular formula is C23H32N3+. The zero-order valence-corrected chi connectivity index (χ0v) is 16.2. The summed E-state index contributed by atoms with van der Waals surface area (Å²) in [6.07, 6.45) is 10.3. The lowest BCUT2D eigenvalue weighted by atomic mass is 9.99. The largest absolute Gasteiger partial charge is 0.399 e. The number of nitrogen functional groups attached to an aromatic ring is 2. The highest BCUT2D eigenvalue weighted by molar-refractivity contribution is 6.06. The second-order valence-electron chi connectivity index (χ2n) is 7.46. The van der Waals surface area contributed by atoms with Crippen LogP contribution < -0.4 is 16.0 Å². The molecule has 1 aromatic heterocycles. The van der Waals surface area contributed by atoms with Gasteiger partial charge in [-0.05, 0) is 30.7 Å². The molecule has 0 radical (unpaired) electrons. The van der Waals surface area contributed by atoms with Crippen LogP contribution in [0, 0.1) is 0 Å². The SMILES string of the molecule is CCCCCCCCCc1c2cc(N)ccc2c2ccc(N)cc2[n+]1C. The summed E-state index contributed by atoms with van der Waals surface area (Å²) in [5, 5.41) is 3.78. The summed E-state index contributed by atoms with van der Waals surface area (Å²) in [6, 6.07) is 12.5. The van der Waals surface area contributed by atoms with Crippen LogP contribution in [-0.2, 0) is 13.5 Å². The average Bonchev–Trinajstić information content (AvgIpc) is 2.63. The van der Waals surface area contributed by atoms with Gasteiger partial charge in [-0.2, -0.15) is 4.57 Å². The van der Waals surface area contributed by atoms with Crippen LogP contribution in [0.25, 0.3) is 21.7 Å². The van der Waals surface area contributed by atoms with Crippen LogP contribution in [0.4, 0.5) is 11.4 Å². The number of hydrogen-bond donors (Lipinski definition) is 2. The van der Waals surface area contributed by atoms with Crippen molar-refractivity contribution in [1.29, 1.82) is 0 Å². The van der Waals surface area contributed by atoms with Gasteiger partial charge in [-0.3, -0.25) is 0 Å². The molecule has 0 saturated heterocycles. The van der Waals surface area contributed by atoms with E-state index in [0.29, 0.717) is 0 Å². The minimum absolute atomic E-state index is 0.810. The van der Waals surface area contributed by atoms with E-state index >= 15 is 0 Å². The molecule has 0 aliphatic heterocycles. The number of aryl methyl sites for hydroxylation is 2. The topological polar surface area (TPSA) is 55.9 Å². The lowest BCUT2D eigenvalue weighted by molar-refractivity contribution is -0.651. The Morgan fingerprint density at radius 2 is 1.35 bits per heavy atom. The van der Waals surface area contributed by atoms with Crippen LogP contribution >= 0.6 is 0 Å². The maximum absolute atomic E-state index is 6.10. The van der Waals surface area contributed by atoms with Gasteiger partial charge in [0.15, 0.2) is 5.69 Å². The summed E-state index contributed by atoms with van der Waals surface area (Å²) in [5.41, 5.74) is 16.4. The molecule has 3 heteroatoms. The molecule has 0 spiro atoms. The fraction of sp³-hybridized carbons (Fsp3) is 0.435. The van der Waals surface area contributed by atoms with E-state index in [-0.39, 0.29) is 0 Å². The van der Waals surface area contributed by atoms with E-state index in [0.717, 1.165) is 17.8 Å². The van der Waals surface area contributed by atoms with Gasteiger partial charge in [0.25, 0.3) is 0 Å². The lowest BCUT2D eigenvalue weighted by Crippen LogP contribution is -2.35. The van der Waals surface area contributed by atoms with Crippen LogP contribution in [0.2, 0.25) is 0 Å². The zero-order chi connectivity index (χ0) is 18.5. The van der Waals surface area contributed by atoms with Gasteiger partial charge in [0, 0.05) is 29.2 Å². The Morgan fingerprint density at radius 3 is 2.08 bits per heavy atom. The number of anilines is 2. The third-order valence-corrected chi connectivity index (χ3v) is 5.45. The molecule has 4 N–H and O–H groups in total. The first-order valence-electron chi connectivity index (χ1n) is 10.0. The Kier molecular flexibility index (Phi) is 5.97. The molecule has 3 rings (SSSR count). The monoisotopic (exact) mass is 350 g/mol. The summed E-state index contributed by atoms with van der Waals surface area (Å²) in [6.45, 7) is 2.27. The Balaban J connectivity index is 1.89. The molecule has 0 amide bonds. The summed E-state index contributed by atoms with van der Waals surface area (Å²) in [7, 11) is 2.15. The van der Waals surface area contributed by atoms with E-state index in [4.69, 9.17) is 11.5 Å². The Labute approximate surface area is 157 Å². The highest BCUT2D eigenvalue weighted by Gasteiger charge is 2.19. The number of hydrogen-bond acceptors (Lipinski definition) is 2. The number of aromatic nitrogens is 1. The molecule has 0 unspecified atom stereocenters. The van der Waals surface area contributed by atoms with Crippen molar-refractivity contribution in [3.63, 3.8) is 0 Å². The lowest BCUT2D eigenvalue weighted by Gasteiger charge is -2.10. The van der Waals surface area contributed by atoms with Crippen molar-refractivity contribution in [1.82, 2.24) is 0 Å². The van der Waals surface area contributed by atoms with Crippen LogP contribution in [0.15, 0.2) is 36.4 Å². The highest BCUT2D eigenvalue weighted by Crippen LogP contribution is 2.29. The Hall–Kier alpha value is -2.29. The molecule has 0 aliphatic carbocycles. The van der Waals surface area contributed by atoms with Crippen LogP contribution in [0.3, 0.4) is 0 Å². The van der Waals surface area contributed by atoms with Crippen LogP contribution in [-0.4, -0.2) is 0 Å². The van der Waals surface area contributed by atoms with Gasteiger partial charge in [0.2, 0.25) is 5.52 Å². The third kappa shape index (κ3) is 3.92. The third-order valence-electron chi connectivity index (χ3n) is 5.45. The van der Waals surface area contributed by atoms with E-state index in [9.17, 15) is 0 Å². The molecular weight excluding hydrogens is 318 g/mol. The van der Waals surface area contributed by atoms with Crippen LogP contribution in [0.5, 0.6) is 0 Å². The standard InChI is InChI=1S/C23H31N3/c1-3-4-5-6-7-8-9-10-22-21-15-17(24)11-13-19(21)20-14-12-18(25)16-23(20)26(22)2/h11-16,25H,3-10,24H2,1-2H3/p+1. The van der Waals surface area contributed by atoms with Crippen molar-refractivity contribution in [2.75, 3.05) is 11.5 Å². The molecule has 0 aliphatic rings. The molecule has 3 aromatic rings. The summed E-state index contributed by atoms with van der Waals surface area (Å²) >= 11 is 0. The molecule has 1 heterocycles. The highest BCUT2D eigenvalue weighted by atomic mass is 14.9. The zero-order valence-electron chi connectivity index (χ0n) is 16.2. The summed E-state index contributed by atoms with van der Waals surface area (Å²) in [5.74, 6) is 0. The van der Waals surface area contributed by atoms with Gasteiger partial charge in [-0.15, -0.1) is 0 Å². The predicted octanol–water partition coefficient (Wildman–Crippen LogP) is 5.28. The maximum Gasteiger partial charge on any atom is 0.215 e. The summed E-state index contributed by atoms with van der Waals surface area (Å²) in [4.78, 5) is 0. The number of fused-ring (bicyclic) bond motifs is 3. The number of pyridine rings is 1. The molecule has 138 valence electrons. The average molecular weight is 351 g/mol. The summed E-state index contributed by atoms with van der Waals surface area (Å²) < 4.78 is 2.31. The minimum atomic E-state index is 0.810. The molecule has 2 aromatic carbocycles. The van der Waals surface area contributed by atoms with Crippen molar-refractivity contribution < 1.29 is 4.57 Å². The van der Waals surface area contributed by atoms with Crippen molar-refractivity contribution >= 4 is 33.1 Å². The number of nitrogens with two attached hydrogens (primary N) is 2. The van der Waals surface area contributed by atoms with Gasteiger partial charge >= 0.3 is 0 Å². The molecule has 26 heavy (non-hydrogen) atoms. The predicted molar refractivity (Wildman–Crippen MR) is 113 cm³/mol. The van der Waals surface area contributed by atoms with Gasteiger partial charge in [-0.25, -0.2) is 0 Å². The number of nitrogens with zero attached hydrogens (tertiary/aromatic N) is 1. The van der Waals surface area contributed by atoms with Crippen molar-refractivity contribution in [3.05, 3.63) is 42.1 Å². The maximum atomic E-state index is 6.10. The Bertz CT molecular complexity index is 899. The van der Waals surface area contributed by atoms with Crippen molar-refractivity contribution in [3.8, 4) is 0 Å². The molecule has 0 saturated carbocycles. The smallest absolute Gasteiger partial charge is 0.215 e. The molecule has 3 nitrogen and oxygen atoms in total. The first kappa shape index (κ1) is 18.5. The normalized spacial score (nSPS) is 11.5. The first-order valence-corrected chi connectivity index (χ1v) is 10.0. The van der Waals surface area contributed by atoms with E-state index in [2.05, 4.69) is 42.8 Å².